The van der Waals surface area contributed by atoms with Gasteiger partial charge in [0.05, 0.1) is 0 Å². The lowest BCUT2D eigenvalue weighted by Crippen LogP contribution is -2.51. The zero-order valence-electron chi connectivity index (χ0n) is 18.2. The lowest BCUT2D eigenvalue weighted by Gasteiger charge is -2.46. The number of phenolic OH excluding ortho intramolecular Hbond substituents is 1. The molecule has 0 spiro atoms. The number of esters is 1. The smallest absolute Gasteiger partial charge is 0.359 e. The molecule has 1 unspecified atom stereocenters. The minimum atomic E-state index is -0.871. The third-order valence-corrected chi connectivity index (χ3v) is 6.09. The number of aliphatic hydroxyl groups excluding tert-OH is 1. The molecule has 2 aromatic rings. The molecular weight excluding hydrogens is 378 g/mol. The van der Waals surface area contributed by atoms with Crippen LogP contribution in [0.5, 0.6) is 5.75 Å². The average molecular weight is 410 g/mol. The van der Waals surface area contributed by atoms with Crippen LogP contribution in [-0.2, 0) is 16.0 Å². The summed E-state index contributed by atoms with van der Waals surface area (Å²) in [5.74, 6) is -0.226. The van der Waals surface area contributed by atoms with Gasteiger partial charge in [-0.05, 0) is 49.6 Å². The normalized spacial score (nSPS) is 19.5. The molecule has 1 atom stereocenters. The number of nitrogens with zero attached hydrogens (tertiary/aromatic N) is 1. The third-order valence-electron chi connectivity index (χ3n) is 6.09. The Bertz CT molecular complexity index is 918. The van der Waals surface area contributed by atoms with E-state index in [-0.39, 0.29) is 23.6 Å². The number of aliphatic hydroxyl groups is 1. The number of aromatic hydroxyl groups is 1. The van der Waals surface area contributed by atoms with Crippen molar-refractivity contribution in [2.24, 2.45) is 5.41 Å². The van der Waals surface area contributed by atoms with E-state index >= 15 is 0 Å². The van der Waals surface area contributed by atoms with Crippen LogP contribution in [0.2, 0.25) is 0 Å². The molecule has 2 N–H and O–H groups in total. The van der Waals surface area contributed by atoms with Crippen LogP contribution in [0.1, 0.15) is 46.1 Å². The minimum Gasteiger partial charge on any atom is -0.510 e. The van der Waals surface area contributed by atoms with E-state index in [1.54, 1.807) is 12.1 Å². The van der Waals surface area contributed by atoms with Gasteiger partial charge >= 0.3 is 5.97 Å². The van der Waals surface area contributed by atoms with Crippen molar-refractivity contribution in [2.45, 2.75) is 52.6 Å². The molecule has 0 bridgehead atoms. The predicted molar refractivity (Wildman–Crippen MR) is 118 cm³/mol. The second-order valence-corrected chi connectivity index (χ2v) is 8.81. The van der Waals surface area contributed by atoms with E-state index in [4.69, 9.17) is 4.74 Å². The number of benzene rings is 2. The van der Waals surface area contributed by atoms with Crippen LogP contribution in [0.25, 0.3) is 0 Å². The molecule has 1 heterocycles. The monoisotopic (exact) mass is 409 g/mol. The Morgan fingerprint density at radius 3 is 2.27 bits per heavy atom. The van der Waals surface area contributed by atoms with Crippen molar-refractivity contribution in [2.75, 3.05) is 11.4 Å². The fraction of sp³-hybridized carbons (Fsp3) is 0.400. The van der Waals surface area contributed by atoms with Crippen LogP contribution in [0.3, 0.4) is 0 Å². The van der Waals surface area contributed by atoms with Gasteiger partial charge in [0, 0.05) is 24.1 Å². The molecule has 0 fully saturated rings. The van der Waals surface area contributed by atoms with Crippen molar-refractivity contribution < 1.29 is 19.7 Å². The number of rotatable bonds is 7. The van der Waals surface area contributed by atoms with Gasteiger partial charge < -0.3 is 19.8 Å². The molecule has 0 aromatic heterocycles. The molecule has 5 nitrogen and oxygen atoms in total. The van der Waals surface area contributed by atoms with Crippen molar-refractivity contribution in [1.82, 2.24) is 0 Å². The Labute approximate surface area is 178 Å². The van der Waals surface area contributed by atoms with E-state index in [2.05, 4.69) is 0 Å². The number of carbonyl (C=O) groups is 1. The molecule has 1 aliphatic heterocycles. The van der Waals surface area contributed by atoms with Gasteiger partial charge in [0.1, 0.15) is 17.1 Å². The first-order valence-electron chi connectivity index (χ1n) is 10.4. The first-order valence-corrected chi connectivity index (χ1v) is 10.4. The van der Waals surface area contributed by atoms with Gasteiger partial charge in [-0.1, -0.05) is 51.1 Å². The fourth-order valence-corrected chi connectivity index (χ4v) is 3.97. The summed E-state index contributed by atoms with van der Waals surface area (Å²) in [4.78, 5) is 15.0. The van der Waals surface area contributed by atoms with Gasteiger partial charge in [0.25, 0.3) is 0 Å². The lowest BCUT2D eigenvalue weighted by molar-refractivity contribution is -0.172. The van der Waals surface area contributed by atoms with Crippen molar-refractivity contribution >= 4 is 11.7 Å². The maximum absolute atomic E-state index is 13.1. The standard InChI is InChI=1S/C25H31NO4/c1-5-15-26(19-9-7-6-8-10-19)22-21(28)17-25(4,30-23(22)29)24(2,3)16-18-11-13-20(27)14-12-18/h6-14,27-28H,5,15-17H2,1-4H3. The molecule has 0 radical (unpaired) electrons. The highest BCUT2D eigenvalue weighted by molar-refractivity contribution is 5.94. The Morgan fingerprint density at radius 2 is 1.70 bits per heavy atom. The molecule has 2 aromatic carbocycles. The summed E-state index contributed by atoms with van der Waals surface area (Å²) in [6.45, 7) is 8.59. The number of carbonyl (C=O) groups excluding carboxylic acids is 1. The van der Waals surface area contributed by atoms with Crippen LogP contribution in [0.15, 0.2) is 66.1 Å². The number of ether oxygens (including phenoxy) is 1. The average Bonchev–Trinajstić information content (AvgIpc) is 2.69. The Hall–Kier alpha value is -2.95. The topological polar surface area (TPSA) is 70.0 Å². The molecule has 3 rings (SSSR count). The number of cyclic esters (lactones) is 1. The molecule has 0 aliphatic carbocycles. The van der Waals surface area contributed by atoms with E-state index in [1.165, 1.54) is 0 Å². The summed E-state index contributed by atoms with van der Waals surface area (Å²) in [5.41, 5.74) is 0.790. The SMILES string of the molecule is CCCN(C1=C(O)CC(C)(C(C)(C)Cc2ccc(O)cc2)OC1=O)c1ccccc1. The number of para-hydroxylation sites is 1. The highest BCUT2D eigenvalue weighted by atomic mass is 16.6. The quantitative estimate of drug-likeness (QED) is 0.603. The minimum absolute atomic E-state index is 0.0600. The van der Waals surface area contributed by atoms with Crippen LogP contribution in [0.4, 0.5) is 5.69 Å². The van der Waals surface area contributed by atoms with Crippen LogP contribution < -0.4 is 4.90 Å². The van der Waals surface area contributed by atoms with Crippen LogP contribution >= 0.6 is 0 Å². The second-order valence-electron chi connectivity index (χ2n) is 8.81. The number of phenols is 1. The molecule has 160 valence electrons. The van der Waals surface area contributed by atoms with E-state index in [1.807, 2.05) is 75.1 Å². The molecule has 30 heavy (non-hydrogen) atoms. The van der Waals surface area contributed by atoms with E-state index in [0.29, 0.717) is 13.0 Å². The number of anilines is 1. The molecule has 0 saturated heterocycles. The van der Waals surface area contributed by atoms with Gasteiger partial charge in [0.2, 0.25) is 0 Å². The zero-order valence-corrected chi connectivity index (χ0v) is 18.2. The second kappa shape index (κ2) is 8.42. The molecule has 0 saturated carbocycles. The highest BCUT2D eigenvalue weighted by Gasteiger charge is 2.49. The summed E-state index contributed by atoms with van der Waals surface area (Å²) in [6, 6.07) is 16.6. The summed E-state index contributed by atoms with van der Waals surface area (Å²) in [5, 5.41) is 20.5. The van der Waals surface area contributed by atoms with Gasteiger partial charge in [-0.15, -0.1) is 0 Å². The Kier molecular flexibility index (Phi) is 6.11. The summed E-state index contributed by atoms with van der Waals surface area (Å²) in [6.07, 6.45) is 1.70. The van der Waals surface area contributed by atoms with Crippen molar-refractivity contribution in [3.63, 3.8) is 0 Å². The molecule has 5 heteroatoms. The number of hydrogen-bond donors (Lipinski definition) is 2. The van der Waals surface area contributed by atoms with Crippen molar-refractivity contribution in [1.29, 1.82) is 0 Å². The fourth-order valence-electron chi connectivity index (χ4n) is 3.97. The molecule has 0 amide bonds. The highest BCUT2D eigenvalue weighted by Crippen LogP contribution is 2.45. The van der Waals surface area contributed by atoms with E-state index in [0.717, 1.165) is 17.7 Å². The largest absolute Gasteiger partial charge is 0.510 e. The van der Waals surface area contributed by atoms with Crippen LogP contribution in [0, 0.1) is 5.41 Å². The van der Waals surface area contributed by atoms with Gasteiger partial charge in [-0.2, -0.15) is 0 Å². The van der Waals surface area contributed by atoms with Gasteiger partial charge in [0.15, 0.2) is 5.70 Å². The van der Waals surface area contributed by atoms with E-state index in [9.17, 15) is 15.0 Å². The van der Waals surface area contributed by atoms with E-state index < -0.39 is 17.0 Å². The Balaban J connectivity index is 1.91. The molecular formula is C25H31NO4. The maximum Gasteiger partial charge on any atom is 0.359 e. The van der Waals surface area contributed by atoms with Crippen molar-refractivity contribution in [3.05, 3.63) is 71.6 Å². The Morgan fingerprint density at radius 1 is 1.07 bits per heavy atom. The predicted octanol–water partition coefficient (Wildman–Crippen LogP) is 5.35. The lowest BCUT2D eigenvalue weighted by atomic mass is 9.69. The summed E-state index contributed by atoms with van der Waals surface area (Å²) < 4.78 is 6.02. The number of hydrogen-bond acceptors (Lipinski definition) is 5. The third kappa shape index (κ3) is 4.30. The van der Waals surface area contributed by atoms with Crippen LogP contribution in [-0.4, -0.2) is 28.3 Å². The zero-order chi connectivity index (χ0) is 21.9. The first-order chi connectivity index (χ1) is 14.2. The van der Waals surface area contributed by atoms with Gasteiger partial charge in [-0.25, -0.2) is 4.79 Å². The maximum atomic E-state index is 13.1. The molecule has 1 aliphatic rings. The summed E-state index contributed by atoms with van der Waals surface area (Å²) in [7, 11) is 0. The first kappa shape index (κ1) is 21.8. The van der Waals surface area contributed by atoms with Gasteiger partial charge in [-0.3, -0.25) is 0 Å². The summed E-state index contributed by atoms with van der Waals surface area (Å²) >= 11 is 0. The van der Waals surface area contributed by atoms with Crippen molar-refractivity contribution in [3.8, 4) is 5.75 Å².